The number of alkyl halides is 3. The van der Waals surface area contributed by atoms with Crippen LogP contribution in [0.2, 0.25) is 0 Å². The lowest BCUT2D eigenvalue weighted by Gasteiger charge is -2.34. The first-order valence-electron chi connectivity index (χ1n) is 10.8. The maximum absolute atomic E-state index is 12.6. The average molecular weight is 479 g/mol. The van der Waals surface area contributed by atoms with Crippen LogP contribution in [0.25, 0.3) is 0 Å². The lowest BCUT2D eigenvalue weighted by Crippen LogP contribution is -2.50. The van der Waals surface area contributed by atoms with Crippen LogP contribution in [0.3, 0.4) is 0 Å². The molecule has 30 heavy (non-hydrogen) atoms. The summed E-state index contributed by atoms with van der Waals surface area (Å²) in [6, 6.07) is 9.65. The van der Waals surface area contributed by atoms with Crippen LogP contribution in [0.5, 0.6) is 0 Å². The van der Waals surface area contributed by atoms with E-state index in [0.717, 1.165) is 18.4 Å². The van der Waals surface area contributed by atoms with Crippen molar-refractivity contribution in [3.05, 3.63) is 35.9 Å². The summed E-state index contributed by atoms with van der Waals surface area (Å²) in [4.78, 5) is 12.6. The third-order valence-electron chi connectivity index (χ3n) is 6.07. The van der Waals surface area contributed by atoms with E-state index in [1.807, 2.05) is 18.2 Å². The molecular formula is C23H34Cl3NO3. The Morgan fingerprint density at radius 3 is 2.33 bits per heavy atom. The number of nitrogens with one attached hydrogen (secondary N) is 1. The van der Waals surface area contributed by atoms with Gasteiger partial charge in [0.1, 0.15) is 0 Å². The van der Waals surface area contributed by atoms with E-state index in [1.165, 1.54) is 19.3 Å². The van der Waals surface area contributed by atoms with Crippen LogP contribution in [0, 0.1) is 5.92 Å². The van der Waals surface area contributed by atoms with Crippen molar-refractivity contribution in [3.63, 3.8) is 0 Å². The summed E-state index contributed by atoms with van der Waals surface area (Å²) < 4.78 is 3.64. The molecule has 1 amide bonds. The maximum Gasteiger partial charge on any atom is 0.408 e. The van der Waals surface area contributed by atoms with Crippen molar-refractivity contribution < 1.29 is 14.6 Å². The van der Waals surface area contributed by atoms with E-state index in [-0.39, 0.29) is 5.92 Å². The van der Waals surface area contributed by atoms with E-state index >= 15 is 0 Å². The van der Waals surface area contributed by atoms with Gasteiger partial charge in [0.2, 0.25) is 3.79 Å². The lowest BCUT2D eigenvalue weighted by molar-refractivity contribution is 0.0287. The number of aliphatic hydroxyl groups is 1. The summed E-state index contributed by atoms with van der Waals surface area (Å²) in [5.74, 6) is 0.636. The molecule has 1 aliphatic carbocycles. The number of amides is 1. The minimum atomic E-state index is -1.76. The predicted octanol–water partition coefficient (Wildman–Crippen LogP) is 6.76. The maximum atomic E-state index is 12.6. The Morgan fingerprint density at radius 2 is 1.77 bits per heavy atom. The van der Waals surface area contributed by atoms with Crippen molar-refractivity contribution in [2.75, 3.05) is 0 Å². The van der Waals surface area contributed by atoms with Gasteiger partial charge < -0.3 is 15.2 Å². The molecule has 1 aromatic rings. The lowest BCUT2D eigenvalue weighted by atomic mass is 9.82. The Kier molecular flexibility index (Phi) is 9.60. The molecule has 1 saturated carbocycles. The van der Waals surface area contributed by atoms with E-state index in [9.17, 15) is 9.90 Å². The number of ether oxygens (including phenoxy) is 1. The molecule has 0 spiro atoms. The van der Waals surface area contributed by atoms with Crippen molar-refractivity contribution in [1.29, 1.82) is 0 Å². The van der Waals surface area contributed by atoms with Gasteiger partial charge in [-0.25, -0.2) is 4.79 Å². The second kappa shape index (κ2) is 11.3. The molecule has 0 bridgehead atoms. The van der Waals surface area contributed by atoms with Gasteiger partial charge in [0.05, 0.1) is 12.1 Å². The molecule has 0 saturated heterocycles. The molecule has 0 radical (unpaired) electrons. The number of rotatable bonds is 8. The number of halogens is 3. The zero-order valence-electron chi connectivity index (χ0n) is 18.0. The molecule has 7 heteroatoms. The first kappa shape index (κ1) is 25.6. The first-order valence-corrected chi connectivity index (χ1v) is 11.9. The fourth-order valence-corrected chi connectivity index (χ4v) is 4.12. The number of hydrogen-bond donors (Lipinski definition) is 2. The van der Waals surface area contributed by atoms with Crippen LogP contribution >= 0.6 is 34.8 Å². The highest BCUT2D eigenvalue weighted by Gasteiger charge is 2.44. The number of alkyl carbamates (subject to hydrolysis) is 1. The van der Waals surface area contributed by atoms with E-state index in [0.29, 0.717) is 18.8 Å². The predicted molar refractivity (Wildman–Crippen MR) is 124 cm³/mol. The molecule has 2 rings (SSSR count). The van der Waals surface area contributed by atoms with Crippen LogP contribution in [0.1, 0.15) is 77.2 Å². The average Bonchev–Trinajstić information content (AvgIpc) is 2.67. The van der Waals surface area contributed by atoms with Gasteiger partial charge in [-0.2, -0.15) is 0 Å². The summed E-state index contributed by atoms with van der Waals surface area (Å²) in [5.41, 5.74) is -0.146. The van der Waals surface area contributed by atoms with Crippen LogP contribution in [-0.4, -0.2) is 32.7 Å². The smallest absolute Gasteiger partial charge is 0.408 e. The van der Waals surface area contributed by atoms with Crippen molar-refractivity contribution in [2.24, 2.45) is 5.92 Å². The Hall–Kier alpha value is -0.680. The van der Waals surface area contributed by atoms with Crippen LogP contribution in [-0.2, 0) is 4.74 Å². The molecule has 4 nitrogen and oxygen atoms in total. The van der Waals surface area contributed by atoms with E-state index in [4.69, 9.17) is 39.5 Å². The number of hydrogen-bond acceptors (Lipinski definition) is 3. The zero-order chi connectivity index (χ0) is 22.4. The topological polar surface area (TPSA) is 58.6 Å². The van der Waals surface area contributed by atoms with Crippen LogP contribution in [0.15, 0.2) is 30.3 Å². The van der Waals surface area contributed by atoms with E-state index in [1.54, 1.807) is 13.8 Å². The minimum Gasteiger partial charge on any atom is -0.439 e. The van der Waals surface area contributed by atoms with Crippen molar-refractivity contribution in [3.8, 4) is 0 Å². The molecule has 2 N–H and O–H groups in total. The van der Waals surface area contributed by atoms with Gasteiger partial charge in [0.25, 0.3) is 0 Å². The normalized spacial score (nSPS) is 19.0. The van der Waals surface area contributed by atoms with Crippen molar-refractivity contribution in [1.82, 2.24) is 5.32 Å². The Bertz CT molecular complexity index is 657. The largest absolute Gasteiger partial charge is 0.439 e. The van der Waals surface area contributed by atoms with Gasteiger partial charge in [-0.3, -0.25) is 0 Å². The van der Waals surface area contributed by atoms with Gasteiger partial charge >= 0.3 is 6.09 Å². The summed E-state index contributed by atoms with van der Waals surface area (Å²) in [6.45, 7) is 5.17. The highest BCUT2D eigenvalue weighted by Crippen LogP contribution is 2.40. The second-order valence-electron chi connectivity index (χ2n) is 9.00. The number of benzene rings is 1. The molecule has 0 aliphatic heterocycles. The molecule has 170 valence electrons. The fourth-order valence-electron chi connectivity index (χ4n) is 4.01. The number of carbonyl (C=O) groups is 1. The molecule has 0 heterocycles. The van der Waals surface area contributed by atoms with Gasteiger partial charge in [-0.05, 0) is 44.1 Å². The first-order chi connectivity index (χ1) is 14.0. The number of aliphatic hydroxyl groups excluding tert-OH is 1. The zero-order valence-corrected chi connectivity index (χ0v) is 20.3. The second-order valence-corrected chi connectivity index (χ2v) is 11.3. The molecule has 0 unspecified atom stereocenters. The summed E-state index contributed by atoms with van der Waals surface area (Å²) >= 11 is 17.8. The van der Waals surface area contributed by atoms with Gasteiger partial charge in [-0.1, -0.05) is 104 Å². The fraction of sp³-hybridized carbons (Fsp3) is 0.696. The highest BCUT2D eigenvalue weighted by molar-refractivity contribution is 6.68. The van der Waals surface area contributed by atoms with Crippen molar-refractivity contribution in [2.45, 2.75) is 93.2 Å². The summed E-state index contributed by atoms with van der Waals surface area (Å²) in [6.07, 6.45) is 5.74. The van der Waals surface area contributed by atoms with Gasteiger partial charge in [0.15, 0.2) is 5.60 Å². The standard InChI is InChI=1S/C23H34Cl3NO3/c1-16(18-12-8-5-9-13-18)14-20(28)19(15-17-10-6-4-7-11-17)27-21(29)30-22(2,3)23(24,25)26/h5,8-9,12-13,16-17,19-20,28H,4,6-7,10-11,14-15H2,1-3H3,(H,27,29)/t16-,19+,20+/m1/s1. The highest BCUT2D eigenvalue weighted by atomic mass is 35.6. The SMILES string of the molecule is C[C@H](C[C@H](O)[C@H](CC1CCCCC1)NC(=O)OC(C)(C)C(Cl)(Cl)Cl)c1ccccc1. The Morgan fingerprint density at radius 1 is 1.17 bits per heavy atom. The van der Waals surface area contributed by atoms with Crippen LogP contribution < -0.4 is 5.32 Å². The molecule has 1 aromatic carbocycles. The molecule has 3 atom stereocenters. The van der Waals surface area contributed by atoms with Gasteiger partial charge in [-0.15, -0.1) is 0 Å². The summed E-state index contributed by atoms with van der Waals surface area (Å²) in [7, 11) is 0. The van der Waals surface area contributed by atoms with E-state index in [2.05, 4.69) is 24.4 Å². The molecular weight excluding hydrogens is 445 g/mol. The van der Waals surface area contributed by atoms with Crippen LogP contribution in [0.4, 0.5) is 4.79 Å². The third kappa shape index (κ3) is 7.78. The summed E-state index contributed by atoms with van der Waals surface area (Å²) in [5, 5.41) is 13.9. The third-order valence-corrected chi connectivity index (χ3v) is 7.44. The molecule has 1 fully saturated rings. The molecule has 0 aromatic heterocycles. The quantitative estimate of drug-likeness (QED) is 0.406. The number of carbonyl (C=O) groups excluding carboxylic acids is 1. The minimum absolute atomic E-state index is 0.158. The van der Waals surface area contributed by atoms with Gasteiger partial charge in [0, 0.05) is 0 Å². The van der Waals surface area contributed by atoms with Crippen molar-refractivity contribution >= 4 is 40.9 Å². The Labute approximate surface area is 195 Å². The Balaban J connectivity index is 2.06. The molecule has 1 aliphatic rings. The monoisotopic (exact) mass is 477 g/mol. The van der Waals surface area contributed by atoms with E-state index < -0.39 is 27.6 Å².